The van der Waals surface area contributed by atoms with Gasteiger partial charge >= 0.3 is 5.97 Å². The average molecular weight is 530 g/mol. The maximum atomic E-state index is 13.7. The van der Waals surface area contributed by atoms with Crippen molar-refractivity contribution >= 4 is 57.2 Å². The van der Waals surface area contributed by atoms with Crippen LogP contribution in [0.15, 0.2) is 82.5 Å². The number of aliphatic hydroxyl groups is 1. The Labute approximate surface area is 218 Å². The molecule has 0 saturated carbocycles. The van der Waals surface area contributed by atoms with E-state index < -0.39 is 29.5 Å². The fourth-order valence-electron chi connectivity index (χ4n) is 4.53. The molecule has 1 aliphatic rings. The molecule has 4 N–H and O–H groups in total. The Morgan fingerprint density at radius 1 is 1.00 bits per heavy atom. The van der Waals surface area contributed by atoms with E-state index in [0.717, 1.165) is 4.90 Å². The zero-order chi connectivity index (χ0) is 26.7. The zero-order valence-electron chi connectivity index (χ0n) is 19.2. The number of carbonyl (C=O) groups excluding carboxylic acids is 2. The zero-order valence-corrected chi connectivity index (χ0v) is 19.9. The number of furan rings is 1. The fourth-order valence-corrected chi connectivity index (χ4v) is 4.71. The number of aromatic nitrogens is 2. The SMILES string of the molecule is O=C(O)c1ccc2nc(N3C(=O)C(O)=C(C(=O)c4cc5cc(Cl)ccc5o4)C3c3ccc(O)cc3)[nH]c2c1. The molecule has 38 heavy (non-hydrogen) atoms. The van der Waals surface area contributed by atoms with Crippen LogP contribution in [0.4, 0.5) is 5.95 Å². The molecule has 0 radical (unpaired) electrons. The monoisotopic (exact) mass is 529 g/mol. The maximum Gasteiger partial charge on any atom is 0.335 e. The summed E-state index contributed by atoms with van der Waals surface area (Å²) in [5, 5.41) is 31.1. The Morgan fingerprint density at radius 3 is 2.50 bits per heavy atom. The van der Waals surface area contributed by atoms with E-state index in [-0.39, 0.29) is 28.6 Å². The number of benzene rings is 3. The van der Waals surface area contributed by atoms with Gasteiger partial charge in [-0.25, -0.2) is 9.78 Å². The first kappa shape index (κ1) is 23.3. The summed E-state index contributed by atoms with van der Waals surface area (Å²) in [5.74, 6) is -3.73. The number of carboxylic acid groups (broad SMARTS) is 1. The van der Waals surface area contributed by atoms with Crippen LogP contribution in [0.3, 0.4) is 0 Å². The highest BCUT2D eigenvalue weighted by molar-refractivity contribution is 6.31. The van der Waals surface area contributed by atoms with Crippen LogP contribution in [0, 0.1) is 0 Å². The summed E-state index contributed by atoms with van der Waals surface area (Å²) in [6.45, 7) is 0. The third-order valence-corrected chi connectivity index (χ3v) is 6.54. The number of halogens is 1. The van der Waals surface area contributed by atoms with Gasteiger partial charge in [0.2, 0.25) is 11.7 Å². The Hall–Kier alpha value is -5.09. The summed E-state index contributed by atoms with van der Waals surface area (Å²) in [7, 11) is 0. The predicted molar refractivity (Wildman–Crippen MR) is 137 cm³/mol. The lowest BCUT2D eigenvalue weighted by Crippen LogP contribution is -2.32. The maximum absolute atomic E-state index is 13.7. The number of ketones is 1. The first-order valence-electron chi connectivity index (χ1n) is 11.2. The van der Waals surface area contributed by atoms with Gasteiger partial charge in [-0.1, -0.05) is 23.7 Å². The summed E-state index contributed by atoms with van der Waals surface area (Å²) < 4.78 is 5.71. The number of imidazole rings is 1. The Morgan fingerprint density at radius 2 is 1.76 bits per heavy atom. The number of phenolic OH excluding ortho intramolecular Hbond substituents is 1. The number of nitrogens with one attached hydrogen (secondary N) is 1. The number of aromatic carboxylic acids is 1. The van der Waals surface area contributed by atoms with Crippen molar-refractivity contribution in [2.24, 2.45) is 0 Å². The van der Waals surface area contributed by atoms with Gasteiger partial charge in [0.05, 0.1) is 28.2 Å². The third kappa shape index (κ3) is 3.66. The first-order chi connectivity index (χ1) is 18.2. The van der Waals surface area contributed by atoms with Gasteiger partial charge in [0.15, 0.2) is 11.5 Å². The molecule has 0 fully saturated rings. The van der Waals surface area contributed by atoms with Gasteiger partial charge in [-0.05, 0) is 60.2 Å². The van der Waals surface area contributed by atoms with Crippen molar-refractivity contribution in [2.45, 2.75) is 6.04 Å². The highest BCUT2D eigenvalue weighted by Crippen LogP contribution is 2.42. The number of nitrogens with zero attached hydrogens (tertiary/aromatic N) is 2. The van der Waals surface area contributed by atoms with E-state index >= 15 is 0 Å². The molecule has 1 amide bonds. The van der Waals surface area contributed by atoms with E-state index in [2.05, 4.69) is 9.97 Å². The van der Waals surface area contributed by atoms with E-state index in [4.69, 9.17) is 16.0 Å². The van der Waals surface area contributed by atoms with Crippen molar-refractivity contribution in [1.29, 1.82) is 0 Å². The Balaban J connectivity index is 1.49. The number of amides is 1. The second-order valence-electron chi connectivity index (χ2n) is 8.65. The molecule has 2 aromatic heterocycles. The van der Waals surface area contributed by atoms with Gasteiger partial charge in [-0.2, -0.15) is 0 Å². The number of H-pyrrole nitrogens is 1. The van der Waals surface area contributed by atoms with Gasteiger partial charge in [-0.15, -0.1) is 0 Å². The van der Waals surface area contributed by atoms with Crippen LogP contribution in [0.5, 0.6) is 5.75 Å². The van der Waals surface area contributed by atoms with Crippen molar-refractivity contribution in [3.05, 3.63) is 100.0 Å². The van der Waals surface area contributed by atoms with Crippen LogP contribution in [0.2, 0.25) is 5.02 Å². The molecule has 0 bridgehead atoms. The molecule has 11 heteroatoms. The average Bonchev–Trinajstić information content (AvgIpc) is 3.57. The molecule has 3 aromatic carbocycles. The van der Waals surface area contributed by atoms with Crippen LogP contribution in [-0.4, -0.2) is 42.9 Å². The molecule has 1 aliphatic heterocycles. The number of aromatic amines is 1. The van der Waals surface area contributed by atoms with Crippen molar-refractivity contribution in [3.63, 3.8) is 0 Å². The summed E-state index contributed by atoms with van der Waals surface area (Å²) in [6, 6.07) is 15.2. The summed E-state index contributed by atoms with van der Waals surface area (Å²) in [5.41, 5.74) is 1.26. The Kier molecular flexibility index (Phi) is 5.21. The van der Waals surface area contributed by atoms with Crippen molar-refractivity contribution in [2.75, 3.05) is 4.90 Å². The van der Waals surface area contributed by atoms with Crippen LogP contribution >= 0.6 is 11.6 Å². The molecule has 0 spiro atoms. The lowest BCUT2D eigenvalue weighted by Gasteiger charge is -2.24. The quantitative estimate of drug-likeness (QED) is 0.228. The summed E-state index contributed by atoms with van der Waals surface area (Å²) in [6.07, 6.45) is 0. The number of carboxylic acids is 1. The lowest BCUT2D eigenvalue weighted by atomic mass is 9.95. The van der Waals surface area contributed by atoms with Gasteiger partial charge in [0.1, 0.15) is 11.3 Å². The molecule has 1 unspecified atom stereocenters. The van der Waals surface area contributed by atoms with Crippen LogP contribution in [0.25, 0.3) is 22.0 Å². The number of anilines is 1. The number of aromatic hydroxyl groups is 1. The minimum Gasteiger partial charge on any atom is -0.508 e. The number of phenols is 1. The number of hydrogen-bond donors (Lipinski definition) is 4. The van der Waals surface area contributed by atoms with Gasteiger partial charge in [-0.3, -0.25) is 14.5 Å². The van der Waals surface area contributed by atoms with E-state index in [1.807, 2.05) is 0 Å². The van der Waals surface area contributed by atoms with E-state index in [1.54, 1.807) is 18.2 Å². The fraction of sp³-hybridized carbons (Fsp3) is 0.0370. The van der Waals surface area contributed by atoms with Crippen molar-refractivity contribution < 1.29 is 34.1 Å². The second-order valence-corrected chi connectivity index (χ2v) is 9.09. The summed E-state index contributed by atoms with van der Waals surface area (Å²) in [4.78, 5) is 46.9. The highest BCUT2D eigenvalue weighted by Gasteiger charge is 2.46. The normalized spacial score (nSPS) is 15.7. The topological polar surface area (TPSA) is 157 Å². The largest absolute Gasteiger partial charge is 0.508 e. The van der Waals surface area contributed by atoms with Crippen LogP contribution in [0.1, 0.15) is 32.5 Å². The smallest absolute Gasteiger partial charge is 0.335 e. The van der Waals surface area contributed by atoms with E-state index in [0.29, 0.717) is 32.6 Å². The number of carbonyl (C=O) groups is 3. The van der Waals surface area contributed by atoms with Crippen LogP contribution < -0.4 is 4.90 Å². The Bertz CT molecular complexity index is 1830. The number of aliphatic hydroxyl groups excluding tert-OH is 1. The van der Waals surface area contributed by atoms with Crippen LogP contribution in [-0.2, 0) is 4.79 Å². The van der Waals surface area contributed by atoms with Crippen molar-refractivity contribution in [3.8, 4) is 5.75 Å². The highest BCUT2D eigenvalue weighted by atomic mass is 35.5. The minimum absolute atomic E-state index is 0.0114. The van der Waals surface area contributed by atoms with E-state index in [9.17, 15) is 29.7 Å². The molecule has 5 aromatic rings. The number of Topliss-reactive ketones (excluding diaryl/α,β-unsaturated/α-hetero) is 1. The number of hydrogen-bond acceptors (Lipinski definition) is 7. The molecule has 0 aliphatic carbocycles. The molecular formula is C27H16ClN3O7. The molecule has 10 nitrogen and oxygen atoms in total. The first-order valence-corrected chi connectivity index (χ1v) is 11.6. The molecule has 3 heterocycles. The van der Waals surface area contributed by atoms with Crippen molar-refractivity contribution in [1.82, 2.24) is 9.97 Å². The van der Waals surface area contributed by atoms with Gasteiger partial charge < -0.3 is 24.7 Å². The van der Waals surface area contributed by atoms with Gasteiger partial charge in [0.25, 0.3) is 5.91 Å². The molecule has 6 rings (SSSR count). The molecule has 1 atom stereocenters. The standard InChI is InChI=1S/C27H16ClN3O7/c28-15-4-8-19-14(9-15)11-20(38-19)23(33)21-22(12-1-5-16(32)6-2-12)31(25(35)24(21)34)27-29-17-7-3-13(26(36)37)10-18(17)30-27/h1-11,22,32,34H,(H,29,30)(H,36,37). The minimum atomic E-state index is -1.15. The molecular weight excluding hydrogens is 514 g/mol. The number of fused-ring (bicyclic) bond motifs is 2. The summed E-state index contributed by atoms with van der Waals surface area (Å²) >= 11 is 6.05. The molecule has 0 saturated heterocycles. The lowest BCUT2D eigenvalue weighted by molar-refractivity contribution is -0.117. The van der Waals surface area contributed by atoms with Gasteiger partial charge in [0, 0.05) is 10.4 Å². The molecule has 188 valence electrons. The number of rotatable bonds is 5. The van der Waals surface area contributed by atoms with E-state index in [1.165, 1.54) is 48.5 Å². The predicted octanol–water partition coefficient (Wildman–Crippen LogP) is 5.15. The third-order valence-electron chi connectivity index (χ3n) is 6.31. The second kappa shape index (κ2) is 8.49.